The molecule has 1 saturated heterocycles. The van der Waals surface area contributed by atoms with Crippen molar-refractivity contribution in [1.82, 2.24) is 4.31 Å². The van der Waals surface area contributed by atoms with Gasteiger partial charge in [0.15, 0.2) is 0 Å². The average Bonchev–Trinajstić information content (AvgIpc) is 2.25. The number of nitrogens with zero attached hydrogens (tertiary/aromatic N) is 1. The van der Waals surface area contributed by atoms with Crippen molar-refractivity contribution in [2.24, 2.45) is 0 Å². The molecule has 1 radical (unpaired) electrons. The van der Waals surface area contributed by atoms with Crippen molar-refractivity contribution >= 4 is 10.8 Å². The molecule has 0 unspecified atom stereocenters. The number of hydrogen-bond acceptors (Lipinski definition) is 3. The van der Waals surface area contributed by atoms with Crippen LogP contribution in [0, 0.1) is 6.92 Å². The molecule has 0 bridgehead atoms. The molecule has 0 aliphatic carbocycles. The molecule has 3 nitrogen and oxygen atoms in total. The fourth-order valence-corrected chi connectivity index (χ4v) is 2.87. The Morgan fingerprint density at radius 3 is 2.64 bits per heavy atom. The molecule has 1 aliphatic rings. The Kier molecular flexibility index (Phi) is 3.18. The van der Waals surface area contributed by atoms with Gasteiger partial charge >= 0.3 is 0 Å². The Hall–Kier alpha value is 0.230. The molecule has 1 aliphatic heterocycles. The molecule has 2 N–H and O–H groups in total. The molecule has 0 spiro atoms. The first kappa shape index (κ1) is 9.32. The highest BCUT2D eigenvalue weighted by atomic mass is 32.3. The molecule has 67 valence electrons. The average molecular weight is 178 g/mol. The SMILES string of the molecule is [CH2]CCCN1CCCS1(O)O. The van der Waals surface area contributed by atoms with Crippen LogP contribution in [0.2, 0.25) is 0 Å². The van der Waals surface area contributed by atoms with Gasteiger partial charge in [-0.25, -0.2) is 4.31 Å². The van der Waals surface area contributed by atoms with Crippen LogP contribution < -0.4 is 0 Å². The number of hydrogen-bond donors (Lipinski definition) is 2. The molecule has 0 aromatic heterocycles. The smallest absolute Gasteiger partial charge is 0.0543 e. The lowest BCUT2D eigenvalue weighted by Crippen LogP contribution is -2.23. The standard InChI is InChI=1S/C7H16NO2S/c1-2-3-5-8-6-4-7-11(8,9)10/h9-10H,1-7H2. The van der Waals surface area contributed by atoms with E-state index in [0.29, 0.717) is 5.75 Å². The third-order valence-electron chi connectivity index (χ3n) is 1.90. The van der Waals surface area contributed by atoms with Crippen LogP contribution in [0.4, 0.5) is 0 Å². The van der Waals surface area contributed by atoms with Crippen LogP contribution in [0.3, 0.4) is 0 Å². The summed E-state index contributed by atoms with van der Waals surface area (Å²) < 4.78 is 20.6. The van der Waals surface area contributed by atoms with Gasteiger partial charge in [0, 0.05) is 13.1 Å². The second-order valence-electron chi connectivity index (χ2n) is 2.83. The van der Waals surface area contributed by atoms with Gasteiger partial charge in [0.2, 0.25) is 0 Å². The minimum Gasteiger partial charge on any atom is -0.285 e. The number of unbranched alkanes of at least 4 members (excludes halogenated alkanes) is 1. The maximum Gasteiger partial charge on any atom is 0.0543 e. The van der Waals surface area contributed by atoms with Crippen molar-refractivity contribution in [3.8, 4) is 0 Å². The van der Waals surface area contributed by atoms with Crippen molar-refractivity contribution < 1.29 is 9.11 Å². The van der Waals surface area contributed by atoms with Gasteiger partial charge in [-0.1, -0.05) is 13.3 Å². The summed E-state index contributed by atoms with van der Waals surface area (Å²) in [6, 6.07) is 0. The summed E-state index contributed by atoms with van der Waals surface area (Å²) in [5, 5.41) is 0. The van der Waals surface area contributed by atoms with Gasteiger partial charge in [0.25, 0.3) is 0 Å². The molecule has 11 heavy (non-hydrogen) atoms. The molecule has 0 aromatic rings. The molecule has 1 rings (SSSR count). The van der Waals surface area contributed by atoms with Gasteiger partial charge in [-0.15, -0.1) is 10.8 Å². The molecular formula is C7H16NO2S. The van der Waals surface area contributed by atoms with Gasteiger partial charge in [-0.05, 0) is 12.8 Å². The summed E-state index contributed by atoms with van der Waals surface area (Å²) in [4.78, 5) is 0. The zero-order valence-electron chi connectivity index (χ0n) is 6.70. The molecule has 0 atom stereocenters. The zero-order valence-corrected chi connectivity index (χ0v) is 7.52. The Morgan fingerprint density at radius 1 is 1.45 bits per heavy atom. The van der Waals surface area contributed by atoms with E-state index >= 15 is 0 Å². The van der Waals surface area contributed by atoms with Crippen LogP contribution >= 0.6 is 10.8 Å². The van der Waals surface area contributed by atoms with Gasteiger partial charge < -0.3 is 0 Å². The van der Waals surface area contributed by atoms with Crippen molar-refractivity contribution in [2.45, 2.75) is 19.3 Å². The topological polar surface area (TPSA) is 43.7 Å². The third kappa shape index (κ3) is 2.33. The van der Waals surface area contributed by atoms with E-state index in [-0.39, 0.29) is 0 Å². The summed E-state index contributed by atoms with van der Waals surface area (Å²) in [7, 11) is -2.35. The molecule has 1 fully saturated rings. The first-order valence-electron chi connectivity index (χ1n) is 3.97. The lowest BCUT2D eigenvalue weighted by Gasteiger charge is -2.36. The summed E-state index contributed by atoms with van der Waals surface area (Å²) in [6.45, 7) is 5.33. The van der Waals surface area contributed by atoms with Crippen LogP contribution in [0.25, 0.3) is 0 Å². The quantitative estimate of drug-likeness (QED) is 0.694. The second-order valence-corrected chi connectivity index (χ2v) is 5.02. The van der Waals surface area contributed by atoms with Gasteiger partial charge in [0.1, 0.15) is 0 Å². The molecule has 4 heteroatoms. The summed E-state index contributed by atoms with van der Waals surface area (Å²) in [5.74, 6) is 0.560. The molecular weight excluding hydrogens is 162 g/mol. The van der Waals surface area contributed by atoms with E-state index in [1.165, 1.54) is 0 Å². The monoisotopic (exact) mass is 178 g/mol. The van der Waals surface area contributed by atoms with Crippen LogP contribution in [-0.4, -0.2) is 32.3 Å². The van der Waals surface area contributed by atoms with E-state index in [2.05, 4.69) is 6.92 Å². The Balaban J connectivity index is 2.32. The number of rotatable bonds is 3. The Bertz CT molecular complexity index is 130. The van der Waals surface area contributed by atoms with E-state index in [0.717, 1.165) is 32.4 Å². The lowest BCUT2D eigenvalue weighted by atomic mass is 10.3. The minimum absolute atomic E-state index is 0.560. The van der Waals surface area contributed by atoms with E-state index in [9.17, 15) is 9.11 Å². The van der Waals surface area contributed by atoms with E-state index < -0.39 is 10.8 Å². The molecule has 0 aromatic carbocycles. The van der Waals surface area contributed by atoms with Gasteiger partial charge in [0.05, 0.1) is 5.75 Å². The summed E-state index contributed by atoms with van der Waals surface area (Å²) in [6.07, 6.45) is 2.74. The fraction of sp³-hybridized carbons (Fsp3) is 0.857. The van der Waals surface area contributed by atoms with Crippen LogP contribution in [0.5, 0.6) is 0 Å². The molecule has 0 saturated carbocycles. The van der Waals surface area contributed by atoms with Crippen LogP contribution in [-0.2, 0) is 0 Å². The fourth-order valence-electron chi connectivity index (χ4n) is 1.26. The Labute approximate surface area is 69.9 Å². The van der Waals surface area contributed by atoms with E-state index in [4.69, 9.17) is 0 Å². The zero-order chi connectivity index (χ0) is 8.32. The predicted molar refractivity (Wildman–Crippen MR) is 48.5 cm³/mol. The minimum atomic E-state index is -2.35. The van der Waals surface area contributed by atoms with Crippen molar-refractivity contribution in [3.63, 3.8) is 0 Å². The lowest BCUT2D eigenvalue weighted by molar-refractivity contribution is 0.374. The second kappa shape index (κ2) is 3.76. The highest BCUT2D eigenvalue weighted by Gasteiger charge is 2.27. The first-order chi connectivity index (χ1) is 5.17. The highest BCUT2D eigenvalue weighted by molar-refractivity contribution is 8.22. The first-order valence-corrected chi connectivity index (χ1v) is 5.64. The molecule has 1 heterocycles. The van der Waals surface area contributed by atoms with E-state index in [1.807, 2.05) is 0 Å². The largest absolute Gasteiger partial charge is 0.285 e. The highest BCUT2D eigenvalue weighted by Crippen LogP contribution is 2.48. The molecule has 0 amide bonds. The predicted octanol–water partition coefficient (Wildman–Crippen LogP) is 1.97. The van der Waals surface area contributed by atoms with Crippen LogP contribution in [0.15, 0.2) is 0 Å². The summed E-state index contributed by atoms with van der Waals surface area (Å²) >= 11 is 0. The van der Waals surface area contributed by atoms with Gasteiger partial charge in [-0.3, -0.25) is 9.11 Å². The third-order valence-corrected chi connectivity index (χ3v) is 3.93. The van der Waals surface area contributed by atoms with Crippen molar-refractivity contribution in [2.75, 3.05) is 18.8 Å². The maximum atomic E-state index is 9.43. The maximum absolute atomic E-state index is 9.43. The van der Waals surface area contributed by atoms with E-state index in [1.54, 1.807) is 4.31 Å². The van der Waals surface area contributed by atoms with Crippen molar-refractivity contribution in [1.29, 1.82) is 0 Å². The summed E-state index contributed by atoms with van der Waals surface area (Å²) in [5.41, 5.74) is 0. The Morgan fingerprint density at radius 2 is 2.18 bits per heavy atom. The van der Waals surface area contributed by atoms with Crippen molar-refractivity contribution in [3.05, 3.63) is 6.92 Å². The normalized spacial score (nSPS) is 27.2. The van der Waals surface area contributed by atoms with Gasteiger partial charge in [-0.2, -0.15) is 0 Å². The van der Waals surface area contributed by atoms with Crippen LogP contribution in [0.1, 0.15) is 19.3 Å².